The molecule has 1 aliphatic carbocycles. The second-order valence-corrected chi connectivity index (χ2v) is 7.49. The van der Waals surface area contributed by atoms with Crippen LogP contribution < -0.4 is 5.32 Å². The summed E-state index contributed by atoms with van der Waals surface area (Å²) in [6.07, 6.45) is 17.5. The number of piperidine rings is 1. The summed E-state index contributed by atoms with van der Waals surface area (Å²) in [5.74, 6) is 1.83. The quantitative estimate of drug-likeness (QED) is 0.632. The largest absolute Gasteiger partial charge is 0.365 e. The lowest BCUT2D eigenvalue weighted by atomic mass is 9.97. The highest BCUT2D eigenvalue weighted by Crippen LogP contribution is 2.25. The third-order valence-corrected chi connectivity index (χ3v) is 5.41. The molecular formula is C20H32N4. The van der Waals surface area contributed by atoms with E-state index in [0.717, 1.165) is 30.4 Å². The Hall–Kier alpha value is -1.42. The summed E-state index contributed by atoms with van der Waals surface area (Å²) in [6.45, 7) is 7.45. The van der Waals surface area contributed by atoms with Gasteiger partial charge in [0, 0.05) is 25.6 Å². The Morgan fingerprint density at radius 1 is 1.08 bits per heavy atom. The van der Waals surface area contributed by atoms with E-state index in [0.29, 0.717) is 6.04 Å². The molecular weight excluding hydrogens is 296 g/mol. The maximum absolute atomic E-state index is 4.50. The van der Waals surface area contributed by atoms with E-state index in [1.807, 2.05) is 18.5 Å². The van der Waals surface area contributed by atoms with Gasteiger partial charge in [-0.25, -0.2) is 4.98 Å². The summed E-state index contributed by atoms with van der Waals surface area (Å²) >= 11 is 0. The molecule has 0 amide bonds. The van der Waals surface area contributed by atoms with E-state index in [1.54, 1.807) is 0 Å². The molecule has 2 aliphatic rings. The van der Waals surface area contributed by atoms with Gasteiger partial charge in [-0.2, -0.15) is 0 Å². The Bertz CT molecular complexity index is 491. The van der Waals surface area contributed by atoms with Gasteiger partial charge in [0.2, 0.25) is 0 Å². The summed E-state index contributed by atoms with van der Waals surface area (Å²) in [4.78, 5) is 11.6. The van der Waals surface area contributed by atoms with Gasteiger partial charge in [-0.05, 0) is 38.1 Å². The minimum Gasteiger partial charge on any atom is -0.365 e. The molecule has 1 N–H and O–H groups in total. The van der Waals surface area contributed by atoms with E-state index in [-0.39, 0.29) is 0 Å². The summed E-state index contributed by atoms with van der Waals surface area (Å²) in [5, 5.41) is 3.59. The monoisotopic (exact) mass is 328 g/mol. The second-order valence-electron chi connectivity index (χ2n) is 7.49. The number of hydrogen-bond acceptors (Lipinski definition) is 4. The minimum atomic E-state index is 0.504. The van der Waals surface area contributed by atoms with E-state index in [4.69, 9.17) is 0 Å². The van der Waals surface area contributed by atoms with Crippen molar-refractivity contribution < 1.29 is 0 Å². The highest BCUT2D eigenvalue weighted by atomic mass is 15.2. The van der Waals surface area contributed by atoms with Gasteiger partial charge in [0.15, 0.2) is 0 Å². The predicted octanol–water partition coefficient (Wildman–Crippen LogP) is 4.05. The first-order chi connectivity index (χ1) is 11.8. The Morgan fingerprint density at radius 2 is 1.92 bits per heavy atom. The zero-order valence-electron chi connectivity index (χ0n) is 14.9. The molecule has 0 radical (unpaired) electrons. The number of anilines is 1. The number of nitrogens with zero attached hydrogens (tertiary/aromatic N) is 3. The van der Waals surface area contributed by atoms with Crippen LogP contribution in [-0.4, -0.2) is 40.5 Å². The van der Waals surface area contributed by atoms with Crippen LogP contribution in [0.3, 0.4) is 0 Å². The van der Waals surface area contributed by atoms with Crippen molar-refractivity contribution in [2.45, 2.75) is 63.8 Å². The van der Waals surface area contributed by atoms with Gasteiger partial charge in [0.25, 0.3) is 0 Å². The highest BCUT2D eigenvalue weighted by Gasteiger charge is 2.23. The maximum atomic E-state index is 4.50. The first-order valence-corrected chi connectivity index (χ1v) is 9.74. The molecule has 4 heteroatoms. The topological polar surface area (TPSA) is 41.1 Å². The van der Waals surface area contributed by atoms with Crippen molar-refractivity contribution in [3.63, 3.8) is 0 Å². The van der Waals surface area contributed by atoms with Gasteiger partial charge in [0.1, 0.15) is 5.82 Å². The fourth-order valence-electron chi connectivity index (χ4n) is 4.14. The molecule has 2 heterocycles. The summed E-state index contributed by atoms with van der Waals surface area (Å²) in [5.41, 5.74) is 0.981. The molecule has 1 saturated heterocycles. The van der Waals surface area contributed by atoms with E-state index in [1.165, 1.54) is 64.5 Å². The molecule has 24 heavy (non-hydrogen) atoms. The van der Waals surface area contributed by atoms with Crippen LogP contribution in [0.5, 0.6) is 0 Å². The van der Waals surface area contributed by atoms with Gasteiger partial charge in [-0.3, -0.25) is 4.98 Å². The first-order valence-electron chi connectivity index (χ1n) is 9.74. The third-order valence-electron chi connectivity index (χ3n) is 5.41. The van der Waals surface area contributed by atoms with E-state index < -0.39 is 0 Å². The van der Waals surface area contributed by atoms with E-state index >= 15 is 0 Å². The average molecular weight is 329 g/mol. The van der Waals surface area contributed by atoms with Crippen molar-refractivity contribution in [3.8, 4) is 0 Å². The normalized spacial score (nSPS) is 23.6. The number of allylic oxidation sites excluding steroid dienone is 1. The molecule has 1 saturated carbocycles. The smallest absolute Gasteiger partial charge is 0.144 e. The number of hydrogen-bond donors (Lipinski definition) is 1. The Balaban J connectivity index is 1.48. The lowest BCUT2D eigenvalue weighted by molar-refractivity contribution is 0.178. The van der Waals surface area contributed by atoms with Gasteiger partial charge in [-0.15, -0.1) is 6.58 Å². The second kappa shape index (κ2) is 9.16. The van der Waals surface area contributed by atoms with E-state index in [2.05, 4.69) is 26.8 Å². The van der Waals surface area contributed by atoms with Gasteiger partial charge in [-0.1, -0.05) is 31.8 Å². The number of rotatable bonds is 6. The number of aromatic nitrogens is 2. The van der Waals surface area contributed by atoms with Crippen LogP contribution in [0.25, 0.3) is 0 Å². The van der Waals surface area contributed by atoms with Crippen molar-refractivity contribution in [2.24, 2.45) is 5.92 Å². The van der Waals surface area contributed by atoms with Crippen LogP contribution in [0.1, 0.15) is 57.1 Å². The van der Waals surface area contributed by atoms with E-state index in [9.17, 15) is 0 Å². The summed E-state index contributed by atoms with van der Waals surface area (Å²) in [7, 11) is 0. The van der Waals surface area contributed by atoms with Crippen LogP contribution in [0.2, 0.25) is 0 Å². The highest BCUT2D eigenvalue weighted by molar-refractivity contribution is 5.33. The number of likely N-dealkylation sites (tertiary alicyclic amines) is 1. The third kappa shape index (κ3) is 5.30. The average Bonchev–Trinajstić information content (AvgIpc) is 2.86. The van der Waals surface area contributed by atoms with Crippen LogP contribution >= 0.6 is 0 Å². The van der Waals surface area contributed by atoms with Crippen LogP contribution in [-0.2, 0) is 6.42 Å². The maximum Gasteiger partial charge on any atom is 0.144 e. The van der Waals surface area contributed by atoms with Crippen LogP contribution in [0.4, 0.5) is 5.82 Å². The van der Waals surface area contributed by atoms with Crippen LogP contribution in [0.15, 0.2) is 25.0 Å². The molecule has 0 unspecified atom stereocenters. The lowest BCUT2D eigenvalue weighted by Gasteiger charge is -2.35. The van der Waals surface area contributed by atoms with Gasteiger partial charge in [0.05, 0.1) is 18.1 Å². The Labute approximate surface area is 146 Å². The van der Waals surface area contributed by atoms with Crippen molar-refractivity contribution in [3.05, 3.63) is 30.7 Å². The first kappa shape index (κ1) is 17.4. The van der Waals surface area contributed by atoms with Gasteiger partial charge >= 0.3 is 0 Å². The molecule has 4 nitrogen and oxygen atoms in total. The molecule has 1 aromatic rings. The fraction of sp³-hybridized carbons (Fsp3) is 0.700. The Kier molecular flexibility index (Phi) is 6.65. The predicted molar refractivity (Wildman–Crippen MR) is 100 cm³/mol. The number of nitrogens with one attached hydrogen (secondary N) is 1. The molecule has 0 aromatic carbocycles. The standard InChI is InChI=1S/C20H32N4/c1-2-8-18-13-22-20(14-21-18)23-19-11-7-12-24(16-19)15-17-9-5-3-4-6-10-17/h2,13-14,17,19H,1,3-12,15-16H2,(H,22,23)/t19-/m1/s1. The fourth-order valence-corrected chi connectivity index (χ4v) is 4.14. The molecule has 2 fully saturated rings. The van der Waals surface area contributed by atoms with Crippen molar-refractivity contribution in [2.75, 3.05) is 25.0 Å². The SMILES string of the molecule is C=CCc1cnc(N[C@@H]2CCCN(CC3CCCCCC3)C2)cn1. The van der Waals surface area contributed by atoms with Crippen LogP contribution in [0, 0.1) is 5.92 Å². The van der Waals surface area contributed by atoms with Gasteiger partial charge < -0.3 is 10.2 Å². The molecule has 0 spiro atoms. The lowest BCUT2D eigenvalue weighted by Crippen LogP contribution is -2.44. The van der Waals surface area contributed by atoms with Crippen molar-refractivity contribution >= 4 is 5.82 Å². The Morgan fingerprint density at radius 3 is 2.62 bits per heavy atom. The molecule has 3 rings (SSSR count). The molecule has 1 aliphatic heterocycles. The van der Waals surface area contributed by atoms with Crippen molar-refractivity contribution in [1.82, 2.24) is 14.9 Å². The zero-order valence-corrected chi connectivity index (χ0v) is 14.9. The molecule has 0 bridgehead atoms. The van der Waals surface area contributed by atoms with Crippen molar-refractivity contribution in [1.29, 1.82) is 0 Å². The summed E-state index contributed by atoms with van der Waals surface area (Å²) in [6, 6.07) is 0.504. The molecule has 132 valence electrons. The zero-order chi connectivity index (χ0) is 16.6. The molecule has 1 aromatic heterocycles. The minimum absolute atomic E-state index is 0.504. The molecule has 1 atom stereocenters. The summed E-state index contributed by atoms with van der Waals surface area (Å²) < 4.78 is 0.